The van der Waals surface area contributed by atoms with Gasteiger partial charge in [0.1, 0.15) is 5.75 Å². The Kier molecular flexibility index (Phi) is 3.28. The Morgan fingerprint density at radius 3 is 2.71 bits per heavy atom. The molecule has 21 heavy (non-hydrogen) atoms. The number of nitrogens with zero attached hydrogens (tertiary/aromatic N) is 1. The molecule has 104 valence electrons. The summed E-state index contributed by atoms with van der Waals surface area (Å²) in [6.07, 6.45) is 1.73. The number of hydrogen-bond donors (Lipinski definition) is 1. The summed E-state index contributed by atoms with van der Waals surface area (Å²) in [4.78, 5) is 15.5. The molecular formula is C17H13NO3. The summed E-state index contributed by atoms with van der Waals surface area (Å²) in [5.74, 6) is -0.343. The van der Waals surface area contributed by atoms with E-state index in [0.29, 0.717) is 5.75 Å². The molecule has 0 amide bonds. The van der Waals surface area contributed by atoms with Crippen molar-refractivity contribution in [1.82, 2.24) is 4.98 Å². The summed E-state index contributed by atoms with van der Waals surface area (Å²) in [5.41, 5.74) is 2.66. The van der Waals surface area contributed by atoms with Crippen molar-refractivity contribution in [2.24, 2.45) is 0 Å². The van der Waals surface area contributed by atoms with Crippen LogP contribution in [0.25, 0.3) is 22.0 Å². The van der Waals surface area contributed by atoms with E-state index in [1.54, 1.807) is 25.4 Å². The Labute approximate surface area is 121 Å². The van der Waals surface area contributed by atoms with Crippen LogP contribution in [0.5, 0.6) is 5.75 Å². The summed E-state index contributed by atoms with van der Waals surface area (Å²) >= 11 is 0. The largest absolute Gasteiger partial charge is 0.496 e. The molecule has 0 spiro atoms. The van der Waals surface area contributed by atoms with Crippen LogP contribution in [0.15, 0.2) is 54.7 Å². The molecule has 0 aliphatic carbocycles. The smallest absolute Gasteiger partial charge is 0.335 e. The molecule has 0 atom stereocenters. The van der Waals surface area contributed by atoms with E-state index in [-0.39, 0.29) is 5.56 Å². The first-order chi connectivity index (χ1) is 10.2. The van der Waals surface area contributed by atoms with Crippen LogP contribution in [0, 0.1) is 0 Å². The maximum Gasteiger partial charge on any atom is 0.335 e. The lowest BCUT2D eigenvalue weighted by Gasteiger charge is -2.10. The fourth-order valence-electron chi connectivity index (χ4n) is 2.28. The van der Waals surface area contributed by atoms with Crippen molar-refractivity contribution < 1.29 is 14.6 Å². The number of carbonyl (C=O) groups is 1. The SMILES string of the molecule is COc1ccc(C(=O)O)cc1-c1cnc2ccccc2c1. The number of carboxylic acid groups (broad SMARTS) is 1. The number of benzene rings is 2. The van der Waals surface area contributed by atoms with Crippen molar-refractivity contribution in [1.29, 1.82) is 0 Å². The van der Waals surface area contributed by atoms with Gasteiger partial charge in [0.05, 0.1) is 18.2 Å². The zero-order chi connectivity index (χ0) is 14.8. The van der Waals surface area contributed by atoms with Gasteiger partial charge in [-0.2, -0.15) is 0 Å². The van der Waals surface area contributed by atoms with Gasteiger partial charge in [0.2, 0.25) is 0 Å². The fraction of sp³-hybridized carbons (Fsp3) is 0.0588. The number of para-hydroxylation sites is 1. The highest BCUT2D eigenvalue weighted by molar-refractivity contribution is 5.91. The van der Waals surface area contributed by atoms with Crippen LogP contribution in [0.2, 0.25) is 0 Å². The highest BCUT2D eigenvalue weighted by atomic mass is 16.5. The fourth-order valence-corrected chi connectivity index (χ4v) is 2.28. The van der Waals surface area contributed by atoms with E-state index in [2.05, 4.69) is 4.98 Å². The number of methoxy groups -OCH3 is 1. The van der Waals surface area contributed by atoms with Gasteiger partial charge in [0, 0.05) is 22.7 Å². The number of rotatable bonds is 3. The van der Waals surface area contributed by atoms with E-state index in [4.69, 9.17) is 9.84 Å². The maximum atomic E-state index is 11.1. The molecule has 3 aromatic rings. The third-order valence-corrected chi connectivity index (χ3v) is 3.35. The standard InChI is InChI=1S/C17H13NO3/c1-21-16-7-6-12(17(19)20)9-14(16)13-8-11-4-2-3-5-15(11)18-10-13/h2-10H,1H3,(H,19,20). The van der Waals surface area contributed by atoms with Crippen LogP contribution in [0.1, 0.15) is 10.4 Å². The Morgan fingerprint density at radius 2 is 1.95 bits per heavy atom. The first kappa shape index (κ1) is 13.1. The third kappa shape index (κ3) is 2.43. The van der Waals surface area contributed by atoms with E-state index in [1.807, 2.05) is 30.3 Å². The molecule has 4 heteroatoms. The summed E-state index contributed by atoms with van der Waals surface area (Å²) < 4.78 is 5.33. The monoisotopic (exact) mass is 279 g/mol. The zero-order valence-electron chi connectivity index (χ0n) is 11.4. The van der Waals surface area contributed by atoms with Gasteiger partial charge < -0.3 is 9.84 Å². The second-order valence-electron chi connectivity index (χ2n) is 4.64. The number of ether oxygens (including phenoxy) is 1. The lowest BCUT2D eigenvalue weighted by molar-refractivity contribution is 0.0697. The van der Waals surface area contributed by atoms with Crippen LogP contribution < -0.4 is 4.74 Å². The molecule has 0 saturated carbocycles. The topological polar surface area (TPSA) is 59.4 Å². The van der Waals surface area contributed by atoms with Gasteiger partial charge in [0.15, 0.2) is 0 Å². The van der Waals surface area contributed by atoms with Crippen LogP contribution in [-0.2, 0) is 0 Å². The van der Waals surface area contributed by atoms with Crippen LogP contribution in [0.3, 0.4) is 0 Å². The minimum Gasteiger partial charge on any atom is -0.496 e. The Bertz CT molecular complexity index is 827. The van der Waals surface area contributed by atoms with Crippen molar-refractivity contribution in [3.05, 3.63) is 60.3 Å². The van der Waals surface area contributed by atoms with Crippen molar-refractivity contribution in [3.8, 4) is 16.9 Å². The quantitative estimate of drug-likeness (QED) is 0.795. The second kappa shape index (κ2) is 5.25. The predicted octanol–water partition coefficient (Wildman–Crippen LogP) is 3.61. The van der Waals surface area contributed by atoms with Gasteiger partial charge in [0.25, 0.3) is 0 Å². The number of fused-ring (bicyclic) bond motifs is 1. The van der Waals surface area contributed by atoms with Gasteiger partial charge in [-0.25, -0.2) is 4.79 Å². The molecule has 0 saturated heterocycles. The van der Waals surface area contributed by atoms with Crippen LogP contribution in [-0.4, -0.2) is 23.2 Å². The van der Waals surface area contributed by atoms with Crippen LogP contribution >= 0.6 is 0 Å². The van der Waals surface area contributed by atoms with E-state index >= 15 is 0 Å². The third-order valence-electron chi connectivity index (χ3n) is 3.35. The number of pyridine rings is 1. The van der Waals surface area contributed by atoms with Gasteiger partial charge in [-0.3, -0.25) is 4.98 Å². The van der Waals surface area contributed by atoms with Gasteiger partial charge >= 0.3 is 5.97 Å². The maximum absolute atomic E-state index is 11.1. The Hall–Kier alpha value is -2.88. The van der Waals surface area contributed by atoms with E-state index in [1.165, 1.54) is 6.07 Å². The van der Waals surface area contributed by atoms with Crippen molar-refractivity contribution in [3.63, 3.8) is 0 Å². The minimum atomic E-state index is -0.965. The molecule has 1 heterocycles. The number of aromatic nitrogens is 1. The van der Waals surface area contributed by atoms with Gasteiger partial charge in [-0.1, -0.05) is 18.2 Å². The predicted molar refractivity (Wildman–Crippen MR) is 80.7 cm³/mol. The Balaban J connectivity index is 2.20. The van der Waals surface area contributed by atoms with Crippen molar-refractivity contribution >= 4 is 16.9 Å². The highest BCUT2D eigenvalue weighted by Gasteiger charge is 2.11. The molecule has 0 radical (unpaired) electrons. The van der Waals surface area contributed by atoms with Crippen LogP contribution in [0.4, 0.5) is 0 Å². The molecule has 0 fully saturated rings. The average Bonchev–Trinajstić information content (AvgIpc) is 2.53. The van der Waals surface area contributed by atoms with Crippen molar-refractivity contribution in [2.45, 2.75) is 0 Å². The molecule has 3 rings (SSSR count). The van der Waals surface area contributed by atoms with Gasteiger partial charge in [-0.15, -0.1) is 0 Å². The molecule has 0 aliphatic heterocycles. The van der Waals surface area contributed by atoms with E-state index in [0.717, 1.165) is 22.0 Å². The molecule has 1 aromatic heterocycles. The zero-order valence-corrected chi connectivity index (χ0v) is 11.4. The number of aromatic carboxylic acids is 1. The lowest BCUT2D eigenvalue weighted by atomic mass is 10.0. The first-order valence-electron chi connectivity index (χ1n) is 6.45. The molecule has 0 aliphatic rings. The molecule has 2 aromatic carbocycles. The summed E-state index contributed by atoms with van der Waals surface area (Å²) in [6, 6.07) is 14.6. The lowest BCUT2D eigenvalue weighted by Crippen LogP contribution is -1.98. The molecular weight excluding hydrogens is 266 g/mol. The number of hydrogen-bond acceptors (Lipinski definition) is 3. The number of carboxylic acids is 1. The molecule has 0 bridgehead atoms. The molecule has 0 unspecified atom stereocenters. The summed E-state index contributed by atoms with van der Waals surface area (Å²) in [6.45, 7) is 0. The van der Waals surface area contributed by atoms with Gasteiger partial charge in [-0.05, 0) is 30.3 Å². The van der Waals surface area contributed by atoms with E-state index < -0.39 is 5.97 Å². The van der Waals surface area contributed by atoms with Crippen molar-refractivity contribution in [2.75, 3.05) is 7.11 Å². The Morgan fingerprint density at radius 1 is 1.14 bits per heavy atom. The molecule has 1 N–H and O–H groups in total. The molecule has 4 nitrogen and oxygen atoms in total. The normalized spacial score (nSPS) is 10.5. The minimum absolute atomic E-state index is 0.221. The second-order valence-corrected chi connectivity index (χ2v) is 4.64. The highest BCUT2D eigenvalue weighted by Crippen LogP contribution is 2.32. The summed E-state index contributed by atoms with van der Waals surface area (Å²) in [7, 11) is 1.56. The van der Waals surface area contributed by atoms with E-state index in [9.17, 15) is 4.79 Å². The average molecular weight is 279 g/mol. The summed E-state index contributed by atoms with van der Waals surface area (Å²) in [5, 5.41) is 10.1. The first-order valence-corrected chi connectivity index (χ1v) is 6.45.